The molecule has 2 aromatic rings. The molecular formula is C16H19BrN2O2. The highest BCUT2D eigenvalue weighted by atomic mass is 79.9. The van der Waals surface area contributed by atoms with E-state index in [1.165, 1.54) is 0 Å². The van der Waals surface area contributed by atoms with Gasteiger partial charge in [-0.3, -0.25) is 4.98 Å². The molecule has 0 radical (unpaired) electrons. The number of halogens is 1. The van der Waals surface area contributed by atoms with Gasteiger partial charge in [0.25, 0.3) is 0 Å². The predicted molar refractivity (Wildman–Crippen MR) is 87.2 cm³/mol. The van der Waals surface area contributed by atoms with Gasteiger partial charge in [0.15, 0.2) is 0 Å². The number of aromatic nitrogens is 1. The standard InChI is InChI=1S/C16H19BrN2O2/c1-20-7-8-21-12-13-3-2-4-15(9-13)19-11-16-6-5-14(17)10-18-16/h2-6,9-10,19H,7-8,11-12H2,1H3. The second-order valence-electron chi connectivity index (χ2n) is 4.57. The van der Waals surface area contributed by atoms with E-state index in [1.807, 2.05) is 24.3 Å². The number of hydrogen-bond donors (Lipinski definition) is 1. The zero-order valence-corrected chi connectivity index (χ0v) is 13.6. The molecule has 2 rings (SSSR count). The van der Waals surface area contributed by atoms with Crippen LogP contribution in [0.5, 0.6) is 0 Å². The van der Waals surface area contributed by atoms with E-state index >= 15 is 0 Å². The van der Waals surface area contributed by atoms with Crippen molar-refractivity contribution in [3.63, 3.8) is 0 Å². The number of benzene rings is 1. The van der Waals surface area contributed by atoms with Crippen LogP contribution < -0.4 is 5.32 Å². The van der Waals surface area contributed by atoms with Crippen LogP contribution >= 0.6 is 15.9 Å². The number of anilines is 1. The molecule has 0 bridgehead atoms. The van der Waals surface area contributed by atoms with Crippen LogP contribution in [0.1, 0.15) is 11.3 Å². The second kappa shape index (κ2) is 8.77. The van der Waals surface area contributed by atoms with E-state index in [9.17, 15) is 0 Å². The van der Waals surface area contributed by atoms with Crippen LogP contribution in [0, 0.1) is 0 Å². The van der Waals surface area contributed by atoms with E-state index < -0.39 is 0 Å². The van der Waals surface area contributed by atoms with Crippen LogP contribution in [0.4, 0.5) is 5.69 Å². The maximum Gasteiger partial charge on any atom is 0.0718 e. The molecule has 21 heavy (non-hydrogen) atoms. The van der Waals surface area contributed by atoms with Gasteiger partial charge >= 0.3 is 0 Å². The molecule has 0 saturated heterocycles. The highest BCUT2D eigenvalue weighted by Gasteiger charge is 1.98. The van der Waals surface area contributed by atoms with Crippen molar-refractivity contribution >= 4 is 21.6 Å². The lowest BCUT2D eigenvalue weighted by atomic mass is 10.2. The third-order valence-corrected chi connectivity index (χ3v) is 3.36. The van der Waals surface area contributed by atoms with E-state index in [0.29, 0.717) is 26.4 Å². The molecule has 0 atom stereocenters. The lowest BCUT2D eigenvalue weighted by Gasteiger charge is -2.09. The molecule has 0 amide bonds. The first-order chi connectivity index (χ1) is 10.3. The summed E-state index contributed by atoms with van der Waals surface area (Å²) in [5.41, 5.74) is 3.20. The molecule has 0 saturated carbocycles. The molecule has 1 aromatic carbocycles. The van der Waals surface area contributed by atoms with Crippen LogP contribution in [-0.2, 0) is 22.6 Å². The average molecular weight is 351 g/mol. The molecule has 4 nitrogen and oxygen atoms in total. The Balaban J connectivity index is 1.84. The van der Waals surface area contributed by atoms with Gasteiger partial charge in [-0.25, -0.2) is 0 Å². The number of methoxy groups -OCH3 is 1. The van der Waals surface area contributed by atoms with Crippen LogP contribution in [-0.4, -0.2) is 25.3 Å². The van der Waals surface area contributed by atoms with Crippen molar-refractivity contribution < 1.29 is 9.47 Å². The quantitative estimate of drug-likeness (QED) is 0.738. The first-order valence-electron chi connectivity index (χ1n) is 6.78. The van der Waals surface area contributed by atoms with E-state index in [0.717, 1.165) is 21.4 Å². The summed E-state index contributed by atoms with van der Waals surface area (Å²) in [4.78, 5) is 4.34. The van der Waals surface area contributed by atoms with Crippen LogP contribution in [0.15, 0.2) is 47.1 Å². The lowest BCUT2D eigenvalue weighted by molar-refractivity contribution is 0.0617. The zero-order valence-electron chi connectivity index (χ0n) is 12.0. The Kier molecular flexibility index (Phi) is 6.66. The summed E-state index contributed by atoms with van der Waals surface area (Å²) in [7, 11) is 1.67. The molecule has 0 aliphatic rings. The van der Waals surface area contributed by atoms with Crippen molar-refractivity contribution in [2.24, 2.45) is 0 Å². The monoisotopic (exact) mass is 350 g/mol. The molecule has 0 unspecified atom stereocenters. The minimum absolute atomic E-state index is 0.593. The number of nitrogens with zero attached hydrogens (tertiary/aromatic N) is 1. The van der Waals surface area contributed by atoms with Gasteiger partial charge in [-0.05, 0) is 45.8 Å². The molecule has 0 aliphatic heterocycles. The van der Waals surface area contributed by atoms with Crippen LogP contribution in [0.2, 0.25) is 0 Å². The molecule has 0 spiro atoms. The van der Waals surface area contributed by atoms with Crippen molar-refractivity contribution in [3.8, 4) is 0 Å². The van der Waals surface area contributed by atoms with E-state index in [-0.39, 0.29) is 0 Å². The Bertz CT molecular complexity index is 546. The highest BCUT2D eigenvalue weighted by molar-refractivity contribution is 9.10. The largest absolute Gasteiger partial charge is 0.382 e. The van der Waals surface area contributed by atoms with E-state index in [2.05, 4.69) is 38.4 Å². The normalized spacial score (nSPS) is 10.6. The Morgan fingerprint density at radius 1 is 1.19 bits per heavy atom. The predicted octanol–water partition coefficient (Wildman–Crippen LogP) is 3.62. The molecule has 1 aromatic heterocycles. The van der Waals surface area contributed by atoms with Crippen molar-refractivity contribution in [3.05, 3.63) is 58.3 Å². The van der Waals surface area contributed by atoms with Crippen LogP contribution in [0.3, 0.4) is 0 Å². The summed E-state index contributed by atoms with van der Waals surface area (Å²) in [5.74, 6) is 0. The van der Waals surface area contributed by atoms with Crippen molar-refractivity contribution in [1.82, 2.24) is 4.98 Å². The van der Waals surface area contributed by atoms with Gasteiger partial charge in [0.1, 0.15) is 0 Å². The van der Waals surface area contributed by atoms with Crippen LogP contribution in [0.25, 0.3) is 0 Å². The van der Waals surface area contributed by atoms with Crippen molar-refractivity contribution in [2.75, 3.05) is 25.6 Å². The Labute approximate surface area is 133 Å². The molecule has 112 valence electrons. The third-order valence-electron chi connectivity index (χ3n) is 2.89. The van der Waals surface area contributed by atoms with Gasteiger partial charge < -0.3 is 14.8 Å². The topological polar surface area (TPSA) is 43.4 Å². The SMILES string of the molecule is COCCOCc1cccc(NCc2ccc(Br)cn2)c1. The van der Waals surface area contributed by atoms with Gasteiger partial charge in [-0.2, -0.15) is 0 Å². The number of pyridine rings is 1. The molecule has 5 heteroatoms. The van der Waals surface area contributed by atoms with Gasteiger partial charge in [0.2, 0.25) is 0 Å². The second-order valence-corrected chi connectivity index (χ2v) is 5.48. The Hall–Kier alpha value is -1.43. The number of nitrogens with one attached hydrogen (secondary N) is 1. The van der Waals surface area contributed by atoms with Gasteiger partial charge in [0, 0.05) is 23.5 Å². The molecule has 1 heterocycles. The fraction of sp³-hybridized carbons (Fsp3) is 0.312. The average Bonchev–Trinajstić information content (AvgIpc) is 2.52. The minimum Gasteiger partial charge on any atom is -0.382 e. The molecule has 0 aliphatic carbocycles. The van der Waals surface area contributed by atoms with E-state index in [1.54, 1.807) is 13.3 Å². The molecule has 0 fully saturated rings. The fourth-order valence-corrected chi connectivity index (χ4v) is 2.04. The zero-order chi connectivity index (χ0) is 14.9. The summed E-state index contributed by atoms with van der Waals surface area (Å²) in [6.07, 6.45) is 1.80. The summed E-state index contributed by atoms with van der Waals surface area (Å²) < 4.78 is 11.5. The summed E-state index contributed by atoms with van der Waals surface area (Å²) in [6.45, 7) is 2.51. The van der Waals surface area contributed by atoms with Gasteiger partial charge in [0.05, 0.1) is 32.1 Å². The maximum absolute atomic E-state index is 5.52. The van der Waals surface area contributed by atoms with E-state index in [4.69, 9.17) is 9.47 Å². The highest BCUT2D eigenvalue weighted by Crippen LogP contribution is 2.13. The van der Waals surface area contributed by atoms with Gasteiger partial charge in [-0.15, -0.1) is 0 Å². The number of hydrogen-bond acceptors (Lipinski definition) is 4. The van der Waals surface area contributed by atoms with Gasteiger partial charge in [-0.1, -0.05) is 12.1 Å². The maximum atomic E-state index is 5.52. The van der Waals surface area contributed by atoms with Crippen molar-refractivity contribution in [2.45, 2.75) is 13.2 Å². The minimum atomic E-state index is 0.593. The number of ether oxygens (including phenoxy) is 2. The summed E-state index contributed by atoms with van der Waals surface area (Å²) in [6, 6.07) is 12.2. The first-order valence-corrected chi connectivity index (χ1v) is 7.57. The Morgan fingerprint density at radius 3 is 2.86 bits per heavy atom. The summed E-state index contributed by atoms with van der Waals surface area (Å²) in [5, 5.41) is 3.36. The smallest absolute Gasteiger partial charge is 0.0718 e. The van der Waals surface area contributed by atoms with Crippen molar-refractivity contribution in [1.29, 1.82) is 0 Å². The fourth-order valence-electron chi connectivity index (χ4n) is 1.81. The third kappa shape index (κ3) is 5.83. The first kappa shape index (κ1) is 15.9. The molecule has 1 N–H and O–H groups in total. The molecular weight excluding hydrogens is 332 g/mol. The lowest BCUT2D eigenvalue weighted by Crippen LogP contribution is -2.03. The number of rotatable bonds is 8. The summed E-state index contributed by atoms with van der Waals surface area (Å²) >= 11 is 3.38. The Morgan fingerprint density at radius 2 is 2.10 bits per heavy atom.